The first-order chi connectivity index (χ1) is 12.0. The Morgan fingerprint density at radius 3 is 2.88 bits per heavy atom. The summed E-state index contributed by atoms with van der Waals surface area (Å²) in [5.74, 6) is 1.15. The van der Waals surface area contributed by atoms with E-state index in [1.807, 2.05) is 32.0 Å². The molecule has 0 bridgehead atoms. The summed E-state index contributed by atoms with van der Waals surface area (Å²) in [6, 6.07) is 9.35. The third-order valence-corrected chi connectivity index (χ3v) is 4.08. The van der Waals surface area contributed by atoms with E-state index in [9.17, 15) is 9.59 Å². The predicted molar refractivity (Wildman–Crippen MR) is 93.4 cm³/mol. The van der Waals surface area contributed by atoms with E-state index in [4.69, 9.17) is 9.15 Å². The van der Waals surface area contributed by atoms with Gasteiger partial charge in [0.1, 0.15) is 17.6 Å². The molecule has 1 atom stereocenters. The standard InChI is InChI=1S/C19H22N2O4/c1-13-5-6-17-16(10-13)21(12-14(2)25-17)19(23)8-7-18(22)20-11-15-4-3-9-24-15/h3-6,9-10,14H,7-8,11-12H2,1-2H3,(H,20,22). The lowest BCUT2D eigenvalue weighted by atomic mass is 10.1. The lowest BCUT2D eigenvalue weighted by Gasteiger charge is -2.33. The van der Waals surface area contributed by atoms with Crippen molar-refractivity contribution in [1.29, 1.82) is 0 Å². The van der Waals surface area contributed by atoms with Crippen LogP contribution in [0.5, 0.6) is 5.75 Å². The highest BCUT2D eigenvalue weighted by Crippen LogP contribution is 2.34. The lowest BCUT2D eigenvalue weighted by molar-refractivity contribution is -0.125. The average Bonchev–Trinajstić information content (AvgIpc) is 3.11. The van der Waals surface area contributed by atoms with Crippen molar-refractivity contribution in [2.24, 2.45) is 0 Å². The summed E-state index contributed by atoms with van der Waals surface area (Å²) in [7, 11) is 0. The van der Waals surface area contributed by atoms with E-state index in [0.29, 0.717) is 24.6 Å². The Labute approximate surface area is 146 Å². The van der Waals surface area contributed by atoms with E-state index in [0.717, 1.165) is 11.3 Å². The van der Waals surface area contributed by atoms with Gasteiger partial charge in [0.2, 0.25) is 11.8 Å². The van der Waals surface area contributed by atoms with Crippen molar-refractivity contribution in [2.45, 2.75) is 39.3 Å². The van der Waals surface area contributed by atoms with Gasteiger partial charge in [-0.3, -0.25) is 9.59 Å². The molecule has 0 saturated carbocycles. The lowest BCUT2D eigenvalue weighted by Crippen LogP contribution is -2.42. The fourth-order valence-electron chi connectivity index (χ4n) is 2.83. The number of carbonyl (C=O) groups excluding carboxylic acids is 2. The van der Waals surface area contributed by atoms with Crippen molar-refractivity contribution in [1.82, 2.24) is 5.32 Å². The Balaban J connectivity index is 1.58. The van der Waals surface area contributed by atoms with E-state index in [-0.39, 0.29) is 30.8 Å². The number of aryl methyl sites for hydroxylation is 1. The second-order valence-corrected chi connectivity index (χ2v) is 6.26. The monoisotopic (exact) mass is 342 g/mol. The number of anilines is 1. The molecule has 0 radical (unpaired) electrons. The van der Waals surface area contributed by atoms with Crippen LogP contribution in [0.4, 0.5) is 5.69 Å². The molecule has 1 unspecified atom stereocenters. The molecule has 1 N–H and O–H groups in total. The molecule has 2 heterocycles. The predicted octanol–water partition coefficient (Wildman–Crippen LogP) is 2.80. The van der Waals surface area contributed by atoms with Crippen molar-refractivity contribution in [3.63, 3.8) is 0 Å². The van der Waals surface area contributed by atoms with E-state index in [2.05, 4.69) is 5.32 Å². The van der Waals surface area contributed by atoms with Crippen LogP contribution < -0.4 is 15.0 Å². The van der Waals surface area contributed by atoms with Crippen LogP contribution in [0.3, 0.4) is 0 Å². The normalized spacial score (nSPS) is 16.1. The van der Waals surface area contributed by atoms with Gasteiger partial charge in [-0.1, -0.05) is 6.07 Å². The molecule has 6 heteroatoms. The number of furan rings is 1. The zero-order valence-corrected chi connectivity index (χ0v) is 14.5. The molecule has 132 valence electrons. The fourth-order valence-corrected chi connectivity index (χ4v) is 2.83. The van der Waals surface area contributed by atoms with Crippen LogP contribution in [-0.4, -0.2) is 24.5 Å². The zero-order valence-electron chi connectivity index (χ0n) is 14.5. The number of hydrogen-bond donors (Lipinski definition) is 1. The van der Waals surface area contributed by atoms with E-state index in [1.54, 1.807) is 23.3 Å². The largest absolute Gasteiger partial charge is 0.487 e. The van der Waals surface area contributed by atoms with Crippen molar-refractivity contribution < 1.29 is 18.7 Å². The molecule has 1 aliphatic rings. The minimum atomic E-state index is -0.171. The third-order valence-electron chi connectivity index (χ3n) is 4.08. The van der Waals surface area contributed by atoms with Crippen molar-refractivity contribution in [3.05, 3.63) is 47.9 Å². The Bertz CT molecular complexity index is 755. The first kappa shape index (κ1) is 17.1. The summed E-state index contributed by atoms with van der Waals surface area (Å²) in [6.45, 7) is 4.72. The molecule has 25 heavy (non-hydrogen) atoms. The molecule has 6 nitrogen and oxygen atoms in total. The number of benzene rings is 1. The number of amides is 2. The maximum Gasteiger partial charge on any atom is 0.227 e. The summed E-state index contributed by atoms with van der Waals surface area (Å²) >= 11 is 0. The van der Waals surface area contributed by atoms with Gasteiger partial charge in [0, 0.05) is 12.8 Å². The number of hydrogen-bond acceptors (Lipinski definition) is 4. The van der Waals surface area contributed by atoms with Gasteiger partial charge in [0.15, 0.2) is 0 Å². The Hall–Kier alpha value is -2.76. The van der Waals surface area contributed by atoms with Crippen LogP contribution >= 0.6 is 0 Å². The summed E-state index contributed by atoms with van der Waals surface area (Å²) in [6.07, 6.45) is 1.78. The topological polar surface area (TPSA) is 71.8 Å². The molecule has 1 aromatic heterocycles. The van der Waals surface area contributed by atoms with E-state index in [1.165, 1.54) is 0 Å². The Kier molecular flexibility index (Phi) is 5.07. The zero-order chi connectivity index (χ0) is 17.8. The minimum Gasteiger partial charge on any atom is -0.487 e. The molecule has 3 rings (SSSR count). The summed E-state index contributed by atoms with van der Waals surface area (Å²) in [5.41, 5.74) is 1.84. The van der Waals surface area contributed by atoms with Crippen molar-refractivity contribution in [2.75, 3.05) is 11.4 Å². The summed E-state index contributed by atoms with van der Waals surface area (Å²) < 4.78 is 11.0. The summed E-state index contributed by atoms with van der Waals surface area (Å²) in [5, 5.41) is 2.75. The van der Waals surface area contributed by atoms with Crippen LogP contribution in [0, 0.1) is 6.92 Å². The SMILES string of the molecule is Cc1ccc2c(c1)N(C(=O)CCC(=O)NCc1ccco1)CC(C)O2. The maximum absolute atomic E-state index is 12.6. The molecule has 1 aliphatic heterocycles. The number of nitrogens with one attached hydrogen (secondary N) is 1. The second kappa shape index (κ2) is 7.42. The molecule has 0 saturated heterocycles. The molecule has 0 aliphatic carbocycles. The average molecular weight is 342 g/mol. The minimum absolute atomic E-state index is 0.0739. The van der Waals surface area contributed by atoms with Gasteiger partial charge in [0.05, 0.1) is 25.0 Å². The second-order valence-electron chi connectivity index (χ2n) is 6.26. The van der Waals surface area contributed by atoms with Crippen LogP contribution in [-0.2, 0) is 16.1 Å². The number of carbonyl (C=O) groups is 2. The number of ether oxygens (including phenoxy) is 1. The first-order valence-corrected chi connectivity index (χ1v) is 8.39. The fraction of sp³-hybridized carbons (Fsp3) is 0.368. The van der Waals surface area contributed by atoms with Crippen molar-refractivity contribution >= 4 is 17.5 Å². The van der Waals surface area contributed by atoms with Gasteiger partial charge in [-0.25, -0.2) is 0 Å². The highest BCUT2D eigenvalue weighted by atomic mass is 16.5. The molecule has 2 aromatic rings. The first-order valence-electron chi connectivity index (χ1n) is 8.39. The highest BCUT2D eigenvalue weighted by Gasteiger charge is 2.27. The van der Waals surface area contributed by atoms with Gasteiger partial charge in [-0.2, -0.15) is 0 Å². The smallest absolute Gasteiger partial charge is 0.227 e. The molecule has 1 aromatic carbocycles. The van der Waals surface area contributed by atoms with Gasteiger partial charge in [-0.15, -0.1) is 0 Å². The Morgan fingerprint density at radius 1 is 1.28 bits per heavy atom. The molecular formula is C19H22N2O4. The molecule has 0 spiro atoms. The Morgan fingerprint density at radius 2 is 2.12 bits per heavy atom. The van der Waals surface area contributed by atoms with Gasteiger partial charge in [-0.05, 0) is 43.7 Å². The third kappa shape index (κ3) is 4.21. The summed E-state index contributed by atoms with van der Waals surface area (Å²) in [4.78, 5) is 26.3. The number of rotatable bonds is 5. The van der Waals surface area contributed by atoms with E-state index < -0.39 is 0 Å². The number of fused-ring (bicyclic) bond motifs is 1. The molecular weight excluding hydrogens is 320 g/mol. The van der Waals surface area contributed by atoms with Crippen LogP contribution in [0.15, 0.2) is 41.0 Å². The highest BCUT2D eigenvalue weighted by molar-refractivity contribution is 5.97. The quantitative estimate of drug-likeness (QED) is 0.907. The van der Waals surface area contributed by atoms with Crippen LogP contribution in [0.25, 0.3) is 0 Å². The van der Waals surface area contributed by atoms with Gasteiger partial charge >= 0.3 is 0 Å². The maximum atomic E-state index is 12.6. The van der Waals surface area contributed by atoms with E-state index >= 15 is 0 Å². The molecule has 0 fully saturated rings. The molecule has 2 amide bonds. The van der Waals surface area contributed by atoms with Crippen LogP contribution in [0.2, 0.25) is 0 Å². The van der Waals surface area contributed by atoms with Crippen molar-refractivity contribution in [3.8, 4) is 5.75 Å². The van der Waals surface area contributed by atoms with Crippen LogP contribution in [0.1, 0.15) is 31.1 Å². The van der Waals surface area contributed by atoms with Gasteiger partial charge in [0.25, 0.3) is 0 Å². The number of nitrogens with zero attached hydrogens (tertiary/aromatic N) is 1. The van der Waals surface area contributed by atoms with Gasteiger partial charge < -0.3 is 19.4 Å².